The molecular weight excluding hydrogens is 289 g/mol. The zero-order valence-electron chi connectivity index (χ0n) is 12.4. The summed E-state index contributed by atoms with van der Waals surface area (Å²) in [7, 11) is 0. The van der Waals surface area contributed by atoms with Crippen LogP contribution < -0.4 is 0 Å². The smallest absolute Gasteiger partial charge is 0.326 e. The first-order valence-corrected chi connectivity index (χ1v) is 7.34. The first-order valence-electron chi connectivity index (χ1n) is 7.34. The predicted molar refractivity (Wildman–Crippen MR) is 77.5 cm³/mol. The molecule has 0 radical (unpaired) electrons. The number of aliphatic carboxylic acids is 1. The number of likely N-dealkylation sites (tertiary alicyclic amines) is 1. The van der Waals surface area contributed by atoms with E-state index >= 15 is 0 Å². The number of halogens is 1. The minimum Gasteiger partial charge on any atom is -0.480 e. The Bertz CT molecular complexity index is 563. The molecule has 6 heteroatoms. The first-order chi connectivity index (χ1) is 10.4. The topological polar surface area (TPSA) is 77.8 Å². The van der Waals surface area contributed by atoms with E-state index in [1.165, 1.54) is 29.2 Å². The third-order valence-electron chi connectivity index (χ3n) is 4.07. The lowest BCUT2D eigenvalue weighted by molar-refractivity contribution is -0.154. The van der Waals surface area contributed by atoms with Crippen LogP contribution in [-0.2, 0) is 9.59 Å². The van der Waals surface area contributed by atoms with E-state index in [4.69, 9.17) is 0 Å². The number of aliphatic hydroxyl groups excluding tert-OH is 1. The fraction of sp³-hybridized carbons (Fsp3) is 0.500. The number of carboxylic acid groups (broad SMARTS) is 1. The summed E-state index contributed by atoms with van der Waals surface area (Å²) in [4.78, 5) is 24.9. The number of benzene rings is 1. The molecule has 0 aliphatic carbocycles. The van der Waals surface area contributed by atoms with Gasteiger partial charge < -0.3 is 15.1 Å². The summed E-state index contributed by atoms with van der Waals surface area (Å²) >= 11 is 0. The fourth-order valence-electron chi connectivity index (χ4n) is 2.79. The molecule has 5 nitrogen and oxygen atoms in total. The maximum absolute atomic E-state index is 13.1. The van der Waals surface area contributed by atoms with E-state index in [0.717, 1.165) is 6.42 Å². The van der Waals surface area contributed by atoms with Crippen LogP contribution in [0.3, 0.4) is 0 Å². The van der Waals surface area contributed by atoms with Gasteiger partial charge in [0.25, 0.3) is 0 Å². The van der Waals surface area contributed by atoms with Crippen LogP contribution in [0.15, 0.2) is 24.3 Å². The van der Waals surface area contributed by atoms with E-state index in [9.17, 15) is 24.2 Å². The summed E-state index contributed by atoms with van der Waals surface area (Å²) in [6.07, 6.45) is -0.235. The van der Waals surface area contributed by atoms with Crippen molar-refractivity contribution in [2.45, 2.75) is 38.3 Å². The Balaban J connectivity index is 2.05. The minimum absolute atomic E-state index is 0.248. The van der Waals surface area contributed by atoms with Gasteiger partial charge in [-0.15, -0.1) is 0 Å². The molecule has 22 heavy (non-hydrogen) atoms. The van der Waals surface area contributed by atoms with Gasteiger partial charge in [0.05, 0.1) is 12.5 Å². The van der Waals surface area contributed by atoms with Gasteiger partial charge in [0.1, 0.15) is 11.9 Å². The van der Waals surface area contributed by atoms with Crippen LogP contribution in [0.4, 0.5) is 4.39 Å². The third-order valence-corrected chi connectivity index (χ3v) is 4.07. The molecule has 1 aliphatic rings. The van der Waals surface area contributed by atoms with E-state index in [1.807, 2.05) is 6.92 Å². The monoisotopic (exact) mass is 309 g/mol. The lowest BCUT2D eigenvalue weighted by Gasteiger charge is -2.36. The number of carbonyl (C=O) groups excluding carboxylic acids is 1. The normalized spacial score (nSPS) is 23.1. The zero-order chi connectivity index (χ0) is 16.3. The summed E-state index contributed by atoms with van der Waals surface area (Å²) < 4.78 is 13.1. The Morgan fingerprint density at radius 3 is 2.82 bits per heavy atom. The van der Waals surface area contributed by atoms with Crippen LogP contribution in [0.5, 0.6) is 0 Å². The van der Waals surface area contributed by atoms with Crippen molar-refractivity contribution in [1.29, 1.82) is 0 Å². The molecule has 1 aliphatic heterocycles. The van der Waals surface area contributed by atoms with Gasteiger partial charge in [-0.3, -0.25) is 4.79 Å². The van der Waals surface area contributed by atoms with Crippen LogP contribution in [0.25, 0.3) is 0 Å². The van der Waals surface area contributed by atoms with Gasteiger partial charge in [0.2, 0.25) is 5.91 Å². The predicted octanol–water partition coefficient (Wildman–Crippen LogP) is 1.96. The van der Waals surface area contributed by atoms with E-state index < -0.39 is 29.8 Å². The molecule has 1 aromatic rings. The maximum atomic E-state index is 13.1. The number of aliphatic hydroxyl groups is 1. The molecular formula is C16H20FNO4. The number of rotatable bonds is 4. The summed E-state index contributed by atoms with van der Waals surface area (Å²) in [6.45, 7) is 2.33. The zero-order valence-corrected chi connectivity index (χ0v) is 12.4. The van der Waals surface area contributed by atoms with Crippen LogP contribution in [0.1, 0.15) is 37.9 Å². The highest BCUT2D eigenvalue weighted by atomic mass is 19.1. The summed E-state index contributed by atoms with van der Waals surface area (Å²) in [5.41, 5.74) is 0.311. The van der Waals surface area contributed by atoms with Crippen molar-refractivity contribution < 1.29 is 24.2 Å². The number of hydrogen-bond acceptors (Lipinski definition) is 3. The Morgan fingerprint density at radius 1 is 1.45 bits per heavy atom. The second kappa shape index (κ2) is 6.87. The Kier molecular flexibility index (Phi) is 5.13. The van der Waals surface area contributed by atoms with Crippen molar-refractivity contribution in [3.63, 3.8) is 0 Å². The van der Waals surface area contributed by atoms with Crippen molar-refractivity contribution in [1.82, 2.24) is 4.90 Å². The molecule has 0 spiro atoms. The molecule has 120 valence electrons. The first kappa shape index (κ1) is 16.4. The molecule has 1 saturated heterocycles. The average Bonchev–Trinajstić information content (AvgIpc) is 2.46. The highest BCUT2D eigenvalue weighted by molar-refractivity contribution is 5.84. The van der Waals surface area contributed by atoms with Crippen LogP contribution in [0, 0.1) is 11.7 Å². The number of carbonyl (C=O) groups is 2. The largest absolute Gasteiger partial charge is 0.480 e. The molecule has 0 saturated carbocycles. The van der Waals surface area contributed by atoms with Crippen molar-refractivity contribution in [3.05, 3.63) is 35.6 Å². The second-order valence-electron chi connectivity index (χ2n) is 5.85. The van der Waals surface area contributed by atoms with Gasteiger partial charge >= 0.3 is 5.97 Å². The number of nitrogens with zero attached hydrogens (tertiary/aromatic N) is 1. The molecule has 2 N–H and O–H groups in total. The standard InChI is InChI=1S/C16H20FNO4/c1-10-5-6-18(13(7-10)16(21)22)15(20)9-14(19)11-3-2-4-12(17)8-11/h2-4,8,10,13-14,19H,5-7,9H2,1H3,(H,21,22). The van der Waals surface area contributed by atoms with E-state index in [2.05, 4.69) is 0 Å². The molecule has 1 aromatic carbocycles. The van der Waals surface area contributed by atoms with E-state index in [-0.39, 0.29) is 12.3 Å². The summed E-state index contributed by atoms with van der Waals surface area (Å²) in [5.74, 6) is -1.69. The second-order valence-corrected chi connectivity index (χ2v) is 5.85. The SMILES string of the molecule is CC1CCN(C(=O)CC(O)c2cccc(F)c2)C(C(=O)O)C1. The molecule has 3 atom stereocenters. The molecule has 1 heterocycles. The highest BCUT2D eigenvalue weighted by Gasteiger charge is 2.35. The maximum Gasteiger partial charge on any atom is 0.326 e. The lowest BCUT2D eigenvalue weighted by atomic mass is 9.92. The highest BCUT2D eigenvalue weighted by Crippen LogP contribution is 2.26. The number of hydrogen-bond donors (Lipinski definition) is 2. The van der Waals surface area contributed by atoms with Gasteiger partial charge in [-0.2, -0.15) is 0 Å². The van der Waals surface area contributed by atoms with Gasteiger partial charge in [-0.05, 0) is 36.5 Å². The van der Waals surface area contributed by atoms with Crippen molar-refractivity contribution in [2.24, 2.45) is 5.92 Å². The van der Waals surface area contributed by atoms with Crippen molar-refractivity contribution >= 4 is 11.9 Å². The average molecular weight is 309 g/mol. The third kappa shape index (κ3) is 3.82. The number of amides is 1. The summed E-state index contributed by atoms with van der Waals surface area (Å²) in [6, 6.07) is 4.57. The fourth-order valence-corrected chi connectivity index (χ4v) is 2.79. The molecule has 3 unspecified atom stereocenters. The van der Waals surface area contributed by atoms with Crippen molar-refractivity contribution in [2.75, 3.05) is 6.54 Å². The van der Waals surface area contributed by atoms with Gasteiger partial charge in [-0.1, -0.05) is 19.1 Å². The molecule has 1 amide bonds. The summed E-state index contributed by atoms with van der Waals surface area (Å²) in [5, 5.41) is 19.3. The van der Waals surface area contributed by atoms with Crippen LogP contribution >= 0.6 is 0 Å². The number of carboxylic acids is 1. The van der Waals surface area contributed by atoms with Crippen molar-refractivity contribution in [3.8, 4) is 0 Å². The van der Waals surface area contributed by atoms with E-state index in [0.29, 0.717) is 18.5 Å². The molecule has 0 aromatic heterocycles. The number of piperidine rings is 1. The van der Waals surface area contributed by atoms with Gasteiger partial charge in [0, 0.05) is 6.54 Å². The van der Waals surface area contributed by atoms with Gasteiger partial charge in [0.15, 0.2) is 0 Å². The lowest BCUT2D eigenvalue weighted by Crippen LogP contribution is -2.50. The van der Waals surface area contributed by atoms with Gasteiger partial charge in [-0.25, -0.2) is 9.18 Å². The molecule has 0 bridgehead atoms. The molecule has 1 fully saturated rings. The molecule has 2 rings (SSSR count). The van der Waals surface area contributed by atoms with Crippen LogP contribution in [-0.4, -0.2) is 39.6 Å². The minimum atomic E-state index is -1.14. The Morgan fingerprint density at radius 2 is 2.18 bits per heavy atom. The van der Waals surface area contributed by atoms with Crippen LogP contribution in [0.2, 0.25) is 0 Å². The Labute approximate surface area is 128 Å². The quantitative estimate of drug-likeness (QED) is 0.891. The van der Waals surface area contributed by atoms with E-state index in [1.54, 1.807) is 0 Å². The Hall–Kier alpha value is -1.95.